The number of hydrogen-bond acceptors (Lipinski definition) is 2. The number of carboxylic acid groups (broad SMARTS) is 1. The second-order valence-corrected chi connectivity index (χ2v) is 3.47. The van der Waals surface area contributed by atoms with Crippen LogP contribution in [0, 0.1) is 11.9 Å². The molecule has 1 heterocycles. The highest BCUT2D eigenvalue weighted by atomic mass is 19.1. The van der Waals surface area contributed by atoms with Gasteiger partial charge in [0, 0.05) is 6.20 Å². The number of carbonyl (C=O) groups is 1. The van der Waals surface area contributed by atoms with Crippen LogP contribution in [-0.2, 0) is 4.79 Å². The van der Waals surface area contributed by atoms with Crippen LogP contribution in [0.25, 0.3) is 0 Å². The van der Waals surface area contributed by atoms with Gasteiger partial charge >= 0.3 is 5.97 Å². The third-order valence-corrected chi connectivity index (χ3v) is 2.04. The van der Waals surface area contributed by atoms with Crippen molar-refractivity contribution >= 4 is 5.97 Å². The number of rotatable bonds is 3. The zero-order valence-electron chi connectivity index (χ0n) is 8.07. The molecular weight excluding hydrogens is 185 g/mol. The Morgan fingerprint density at radius 1 is 1.50 bits per heavy atom. The molecule has 1 rings (SSSR count). The first-order chi connectivity index (χ1) is 6.52. The average molecular weight is 197 g/mol. The van der Waals surface area contributed by atoms with Gasteiger partial charge in [-0.25, -0.2) is 4.98 Å². The predicted octanol–water partition coefficient (Wildman–Crippen LogP) is 2.04. The van der Waals surface area contributed by atoms with Crippen LogP contribution in [0.3, 0.4) is 0 Å². The van der Waals surface area contributed by atoms with Crippen LogP contribution in [0.1, 0.15) is 25.3 Å². The minimum absolute atomic E-state index is 0.0419. The van der Waals surface area contributed by atoms with Gasteiger partial charge in [-0.1, -0.05) is 19.9 Å². The minimum Gasteiger partial charge on any atom is -0.481 e. The normalized spacial score (nSPS) is 12.9. The van der Waals surface area contributed by atoms with Gasteiger partial charge in [-0.2, -0.15) is 4.39 Å². The smallest absolute Gasteiger partial charge is 0.311 e. The van der Waals surface area contributed by atoms with Crippen molar-refractivity contribution in [3.63, 3.8) is 0 Å². The molecule has 1 unspecified atom stereocenters. The number of carboxylic acids is 1. The monoisotopic (exact) mass is 197 g/mol. The van der Waals surface area contributed by atoms with Gasteiger partial charge in [0.2, 0.25) is 5.95 Å². The zero-order chi connectivity index (χ0) is 10.7. The molecule has 3 nitrogen and oxygen atoms in total. The van der Waals surface area contributed by atoms with Gasteiger partial charge in [-0.05, 0) is 17.5 Å². The van der Waals surface area contributed by atoms with Crippen molar-refractivity contribution in [2.75, 3.05) is 0 Å². The highest BCUT2D eigenvalue weighted by molar-refractivity contribution is 5.76. The molecule has 0 spiro atoms. The van der Waals surface area contributed by atoms with Crippen molar-refractivity contribution < 1.29 is 14.3 Å². The summed E-state index contributed by atoms with van der Waals surface area (Å²) in [5, 5.41) is 8.94. The van der Waals surface area contributed by atoms with E-state index in [0.29, 0.717) is 5.56 Å². The zero-order valence-corrected chi connectivity index (χ0v) is 8.07. The maximum absolute atomic E-state index is 12.5. The first-order valence-electron chi connectivity index (χ1n) is 4.36. The first-order valence-corrected chi connectivity index (χ1v) is 4.36. The molecule has 1 atom stereocenters. The molecule has 0 aromatic carbocycles. The molecule has 0 saturated carbocycles. The molecule has 0 amide bonds. The van der Waals surface area contributed by atoms with Gasteiger partial charge in [0.05, 0.1) is 5.92 Å². The van der Waals surface area contributed by atoms with Crippen LogP contribution < -0.4 is 0 Å². The highest BCUT2D eigenvalue weighted by Gasteiger charge is 2.23. The van der Waals surface area contributed by atoms with Crippen molar-refractivity contribution in [2.45, 2.75) is 19.8 Å². The van der Waals surface area contributed by atoms with Crippen LogP contribution in [-0.4, -0.2) is 16.1 Å². The van der Waals surface area contributed by atoms with E-state index in [2.05, 4.69) is 4.98 Å². The summed E-state index contributed by atoms with van der Waals surface area (Å²) in [6.07, 6.45) is 1.27. The third-order valence-electron chi connectivity index (χ3n) is 2.04. The Morgan fingerprint density at radius 2 is 2.14 bits per heavy atom. The SMILES string of the molecule is CC(C)C(C(=O)O)c1ccc(F)nc1. The molecule has 0 bridgehead atoms. The topological polar surface area (TPSA) is 50.2 Å². The van der Waals surface area contributed by atoms with Crippen LogP contribution >= 0.6 is 0 Å². The summed E-state index contributed by atoms with van der Waals surface area (Å²) in [5.74, 6) is -2.17. The van der Waals surface area contributed by atoms with Crippen LogP contribution in [0.4, 0.5) is 4.39 Å². The van der Waals surface area contributed by atoms with Crippen molar-refractivity contribution in [3.05, 3.63) is 29.8 Å². The van der Waals surface area contributed by atoms with E-state index in [1.54, 1.807) is 0 Å². The summed E-state index contributed by atoms with van der Waals surface area (Å²) >= 11 is 0. The van der Waals surface area contributed by atoms with Gasteiger partial charge in [0.1, 0.15) is 0 Å². The van der Waals surface area contributed by atoms with E-state index in [1.807, 2.05) is 13.8 Å². The van der Waals surface area contributed by atoms with Gasteiger partial charge in [-0.3, -0.25) is 4.79 Å². The molecular formula is C10H12FNO2. The Bertz CT molecular complexity index is 321. The number of aliphatic carboxylic acids is 1. The highest BCUT2D eigenvalue weighted by Crippen LogP contribution is 2.23. The van der Waals surface area contributed by atoms with E-state index >= 15 is 0 Å². The van der Waals surface area contributed by atoms with Crippen LogP contribution in [0.15, 0.2) is 18.3 Å². The van der Waals surface area contributed by atoms with Gasteiger partial charge < -0.3 is 5.11 Å². The van der Waals surface area contributed by atoms with Gasteiger partial charge in [0.25, 0.3) is 0 Å². The van der Waals surface area contributed by atoms with E-state index in [0.717, 1.165) is 0 Å². The number of aromatic nitrogens is 1. The number of pyridine rings is 1. The van der Waals surface area contributed by atoms with Crippen molar-refractivity contribution in [2.24, 2.45) is 5.92 Å². The second-order valence-electron chi connectivity index (χ2n) is 3.47. The lowest BCUT2D eigenvalue weighted by atomic mass is 9.90. The molecule has 0 aliphatic heterocycles. The molecule has 0 fully saturated rings. The molecule has 0 aliphatic rings. The molecule has 0 radical (unpaired) electrons. The molecule has 76 valence electrons. The average Bonchev–Trinajstić information content (AvgIpc) is 2.07. The Balaban J connectivity index is 3.00. The van der Waals surface area contributed by atoms with Crippen molar-refractivity contribution in [3.8, 4) is 0 Å². The Hall–Kier alpha value is -1.45. The Labute approximate surface area is 81.6 Å². The van der Waals surface area contributed by atoms with E-state index < -0.39 is 17.8 Å². The largest absolute Gasteiger partial charge is 0.481 e. The van der Waals surface area contributed by atoms with Crippen LogP contribution in [0.5, 0.6) is 0 Å². The summed E-state index contributed by atoms with van der Waals surface area (Å²) < 4.78 is 12.5. The Kier molecular flexibility index (Phi) is 3.17. The lowest BCUT2D eigenvalue weighted by molar-refractivity contribution is -0.139. The predicted molar refractivity (Wildman–Crippen MR) is 49.4 cm³/mol. The van der Waals surface area contributed by atoms with E-state index in [4.69, 9.17) is 5.11 Å². The number of nitrogens with zero attached hydrogens (tertiary/aromatic N) is 1. The maximum atomic E-state index is 12.5. The number of halogens is 1. The molecule has 1 N–H and O–H groups in total. The first kappa shape index (κ1) is 10.6. The lowest BCUT2D eigenvalue weighted by Gasteiger charge is -2.15. The lowest BCUT2D eigenvalue weighted by Crippen LogP contribution is -2.17. The van der Waals surface area contributed by atoms with Crippen molar-refractivity contribution in [1.82, 2.24) is 4.98 Å². The molecule has 0 aliphatic carbocycles. The second kappa shape index (κ2) is 4.17. The standard InChI is InChI=1S/C10H12FNO2/c1-6(2)9(10(13)14)7-3-4-8(11)12-5-7/h3-6,9H,1-2H3,(H,13,14). The summed E-state index contributed by atoms with van der Waals surface area (Å²) in [6, 6.07) is 2.63. The molecule has 1 aromatic heterocycles. The fourth-order valence-electron chi connectivity index (χ4n) is 1.38. The summed E-state index contributed by atoms with van der Waals surface area (Å²) in [6.45, 7) is 3.62. The van der Waals surface area contributed by atoms with Gasteiger partial charge in [-0.15, -0.1) is 0 Å². The summed E-state index contributed by atoms with van der Waals surface area (Å²) in [5.41, 5.74) is 0.536. The fourth-order valence-corrected chi connectivity index (χ4v) is 1.38. The fraction of sp³-hybridized carbons (Fsp3) is 0.400. The maximum Gasteiger partial charge on any atom is 0.311 e. The van der Waals surface area contributed by atoms with E-state index in [9.17, 15) is 9.18 Å². The molecule has 1 aromatic rings. The van der Waals surface area contributed by atoms with Crippen LogP contribution in [0.2, 0.25) is 0 Å². The Morgan fingerprint density at radius 3 is 2.50 bits per heavy atom. The van der Waals surface area contributed by atoms with Gasteiger partial charge in [0.15, 0.2) is 0 Å². The summed E-state index contributed by atoms with van der Waals surface area (Å²) in [4.78, 5) is 14.3. The molecule has 14 heavy (non-hydrogen) atoms. The van der Waals surface area contributed by atoms with E-state index in [1.165, 1.54) is 18.3 Å². The quantitative estimate of drug-likeness (QED) is 0.754. The third kappa shape index (κ3) is 2.28. The molecule has 4 heteroatoms. The van der Waals surface area contributed by atoms with E-state index in [-0.39, 0.29) is 5.92 Å². The van der Waals surface area contributed by atoms with Crippen molar-refractivity contribution in [1.29, 1.82) is 0 Å². The number of hydrogen-bond donors (Lipinski definition) is 1. The molecule has 0 saturated heterocycles. The minimum atomic E-state index is -0.909. The summed E-state index contributed by atoms with van der Waals surface area (Å²) in [7, 11) is 0.